The van der Waals surface area contributed by atoms with Crippen molar-refractivity contribution in [1.82, 2.24) is 14.5 Å². The van der Waals surface area contributed by atoms with Gasteiger partial charge in [0.15, 0.2) is 8.07 Å². The fourth-order valence-electron chi connectivity index (χ4n) is 9.55. The second kappa shape index (κ2) is 13.2. The van der Waals surface area contributed by atoms with Gasteiger partial charge in [0, 0.05) is 22.0 Å². The molecule has 0 bridgehead atoms. The maximum atomic E-state index is 6.81. The van der Waals surface area contributed by atoms with E-state index in [4.69, 9.17) is 14.4 Å². The minimum Gasteiger partial charge on any atom is -0.436 e. The van der Waals surface area contributed by atoms with E-state index in [-0.39, 0.29) is 0 Å². The summed E-state index contributed by atoms with van der Waals surface area (Å²) in [6, 6.07) is 76.9. The molecule has 59 heavy (non-hydrogen) atoms. The Balaban J connectivity index is 1.12. The smallest absolute Gasteiger partial charge is 0.246 e. The fourth-order valence-corrected chi connectivity index (χ4v) is 14.3. The summed E-state index contributed by atoms with van der Waals surface area (Å²) in [4.78, 5) is 10.2. The summed E-state index contributed by atoms with van der Waals surface area (Å²) in [7, 11) is -2.71. The average Bonchev–Trinajstić information content (AvgIpc) is 3.85. The lowest BCUT2D eigenvalue weighted by Gasteiger charge is -2.34. The lowest BCUT2D eigenvalue weighted by Crippen LogP contribution is -2.74. The zero-order valence-corrected chi connectivity index (χ0v) is 33.0. The highest BCUT2D eigenvalue weighted by Crippen LogP contribution is 2.42. The first-order valence-electron chi connectivity index (χ1n) is 20.1. The topological polar surface area (TPSA) is 43.9 Å². The number of fused-ring (bicyclic) bond motifs is 9. The Morgan fingerprint density at radius 3 is 1.53 bits per heavy atom. The molecule has 0 atom stereocenters. The molecule has 0 radical (unpaired) electrons. The predicted octanol–water partition coefficient (Wildman–Crippen LogP) is 10.8. The first-order valence-corrected chi connectivity index (χ1v) is 22.1. The third kappa shape index (κ3) is 5.08. The molecule has 0 fully saturated rings. The lowest BCUT2D eigenvalue weighted by atomic mass is 9.97. The number of nitrogens with zero attached hydrogens (tertiary/aromatic N) is 3. The molecule has 12 aromatic rings. The molecule has 0 unspecified atom stereocenters. The van der Waals surface area contributed by atoms with Gasteiger partial charge in [-0.05, 0) is 79.5 Å². The van der Waals surface area contributed by atoms with Crippen LogP contribution in [0.15, 0.2) is 217 Å². The summed E-state index contributed by atoms with van der Waals surface area (Å²) in [5.74, 6) is 0. The molecule has 3 aromatic heterocycles. The molecule has 0 saturated carbocycles. The normalized spacial score (nSPS) is 12.1. The van der Waals surface area contributed by atoms with Crippen LogP contribution in [0.25, 0.3) is 82.6 Å². The number of hydrogen-bond donors (Lipinski definition) is 0. The van der Waals surface area contributed by atoms with Crippen molar-refractivity contribution < 1.29 is 4.42 Å². The standard InChI is InChI=1S/C54H35N3OSi/c1-4-16-39(17-5-1)59(40-18-6-2-7-19-40,41-20-8-3-9-21-41)42-31-28-36(29-32-42)46-35-37-34-38(57-49-26-14-10-22-44(49)45-23-11-15-27-50(45)57)30-33-43(37)51-52-54(58-53(46)51)56-48-25-13-12-24-47(48)55-52/h1-35H. The molecule has 0 N–H and O–H groups in total. The van der Waals surface area contributed by atoms with Crippen LogP contribution in [0.3, 0.4) is 0 Å². The van der Waals surface area contributed by atoms with E-state index in [0.29, 0.717) is 5.71 Å². The molecular weight excluding hydrogens is 735 g/mol. The van der Waals surface area contributed by atoms with E-state index in [2.05, 4.69) is 193 Å². The van der Waals surface area contributed by atoms with Crippen LogP contribution in [0.2, 0.25) is 0 Å². The Hall–Kier alpha value is -7.60. The van der Waals surface area contributed by atoms with Gasteiger partial charge in [0.25, 0.3) is 0 Å². The van der Waals surface area contributed by atoms with Gasteiger partial charge in [0.1, 0.15) is 11.1 Å². The first kappa shape index (κ1) is 33.5. The number of rotatable bonds is 6. The highest BCUT2D eigenvalue weighted by Gasteiger charge is 2.41. The summed E-state index contributed by atoms with van der Waals surface area (Å²) in [6.07, 6.45) is 0. The molecule has 9 aromatic carbocycles. The van der Waals surface area contributed by atoms with E-state index in [1.54, 1.807) is 0 Å². The molecule has 0 aliphatic rings. The Labute approximate surface area is 341 Å². The molecule has 0 spiro atoms. The van der Waals surface area contributed by atoms with Gasteiger partial charge in [-0.15, -0.1) is 0 Å². The van der Waals surface area contributed by atoms with Gasteiger partial charge in [-0.25, -0.2) is 9.97 Å². The van der Waals surface area contributed by atoms with Crippen molar-refractivity contribution in [1.29, 1.82) is 0 Å². The zero-order valence-electron chi connectivity index (χ0n) is 32.0. The SMILES string of the molecule is c1ccc([Si](c2ccccc2)(c2ccccc2)c2ccc(-c3cc4cc(-n5c6ccccc6c6ccccc65)ccc4c4c3oc3nc5ccccc5nc34)cc2)cc1. The van der Waals surface area contributed by atoms with Crippen LogP contribution < -0.4 is 20.7 Å². The summed E-state index contributed by atoms with van der Waals surface area (Å²) >= 11 is 0. The van der Waals surface area contributed by atoms with Crippen LogP contribution in [0.4, 0.5) is 0 Å². The maximum absolute atomic E-state index is 6.81. The highest BCUT2D eigenvalue weighted by molar-refractivity contribution is 7.19. The van der Waals surface area contributed by atoms with Crippen molar-refractivity contribution in [3.8, 4) is 16.8 Å². The predicted molar refractivity (Wildman–Crippen MR) is 248 cm³/mol. The van der Waals surface area contributed by atoms with Gasteiger partial charge in [0.05, 0.1) is 27.5 Å². The van der Waals surface area contributed by atoms with E-state index >= 15 is 0 Å². The molecule has 12 rings (SSSR count). The van der Waals surface area contributed by atoms with Crippen molar-refractivity contribution in [3.63, 3.8) is 0 Å². The Bertz CT molecular complexity index is 3390. The van der Waals surface area contributed by atoms with Gasteiger partial charge in [0.2, 0.25) is 5.71 Å². The Kier molecular flexibility index (Phi) is 7.52. The zero-order chi connectivity index (χ0) is 38.9. The minimum atomic E-state index is -2.71. The number of aromatic nitrogens is 3. The Morgan fingerprint density at radius 1 is 0.424 bits per heavy atom. The average molecular weight is 770 g/mol. The monoisotopic (exact) mass is 769 g/mol. The van der Waals surface area contributed by atoms with Crippen LogP contribution >= 0.6 is 0 Å². The third-order valence-corrected chi connectivity index (χ3v) is 16.9. The van der Waals surface area contributed by atoms with E-state index < -0.39 is 8.07 Å². The Morgan fingerprint density at radius 2 is 0.932 bits per heavy atom. The highest BCUT2D eigenvalue weighted by atomic mass is 28.3. The molecule has 0 saturated heterocycles. The summed E-state index contributed by atoms with van der Waals surface area (Å²) in [6.45, 7) is 0. The van der Waals surface area contributed by atoms with Crippen molar-refractivity contribution in [2.45, 2.75) is 0 Å². The summed E-state index contributed by atoms with van der Waals surface area (Å²) in [5.41, 5.74) is 9.30. The molecule has 0 aliphatic carbocycles. The molecular formula is C54H35N3OSi. The van der Waals surface area contributed by atoms with Gasteiger partial charge in [-0.1, -0.05) is 170 Å². The number of benzene rings is 9. The number of para-hydroxylation sites is 4. The molecule has 0 amide bonds. The fraction of sp³-hybridized carbons (Fsp3) is 0. The van der Waals surface area contributed by atoms with Crippen LogP contribution in [0.5, 0.6) is 0 Å². The van der Waals surface area contributed by atoms with Crippen molar-refractivity contribution >= 4 is 94.6 Å². The van der Waals surface area contributed by atoms with E-state index in [0.717, 1.165) is 55.1 Å². The largest absolute Gasteiger partial charge is 0.436 e. The quantitative estimate of drug-likeness (QED) is 0.125. The van der Waals surface area contributed by atoms with Gasteiger partial charge in [-0.2, -0.15) is 0 Å². The lowest BCUT2D eigenvalue weighted by molar-refractivity contribution is 0.656. The van der Waals surface area contributed by atoms with Gasteiger partial charge in [-0.3, -0.25) is 0 Å². The van der Waals surface area contributed by atoms with Crippen molar-refractivity contribution in [3.05, 3.63) is 212 Å². The van der Waals surface area contributed by atoms with Crippen LogP contribution in [-0.2, 0) is 0 Å². The van der Waals surface area contributed by atoms with Crippen LogP contribution in [0.1, 0.15) is 0 Å². The van der Waals surface area contributed by atoms with Crippen LogP contribution in [0, 0.1) is 0 Å². The van der Waals surface area contributed by atoms with Gasteiger partial charge >= 0.3 is 0 Å². The maximum Gasteiger partial charge on any atom is 0.246 e. The summed E-state index contributed by atoms with van der Waals surface area (Å²) < 4.78 is 9.19. The van der Waals surface area contributed by atoms with E-state index in [1.807, 2.05) is 24.3 Å². The number of furan rings is 1. The van der Waals surface area contributed by atoms with Gasteiger partial charge < -0.3 is 8.98 Å². The molecule has 3 heterocycles. The summed E-state index contributed by atoms with van der Waals surface area (Å²) in [5, 5.41) is 11.0. The first-order chi connectivity index (χ1) is 29.3. The molecule has 0 aliphatic heterocycles. The van der Waals surface area contributed by atoms with E-state index in [9.17, 15) is 0 Å². The van der Waals surface area contributed by atoms with Crippen molar-refractivity contribution in [2.24, 2.45) is 0 Å². The van der Waals surface area contributed by atoms with Crippen molar-refractivity contribution in [2.75, 3.05) is 0 Å². The van der Waals surface area contributed by atoms with E-state index in [1.165, 1.54) is 42.6 Å². The number of hydrogen-bond acceptors (Lipinski definition) is 3. The molecule has 5 heteroatoms. The second-order valence-corrected chi connectivity index (χ2v) is 19.1. The minimum absolute atomic E-state index is 0.541. The second-order valence-electron chi connectivity index (χ2n) is 15.3. The third-order valence-electron chi connectivity index (χ3n) is 12.1. The van der Waals surface area contributed by atoms with Crippen LogP contribution in [-0.4, -0.2) is 22.6 Å². The molecule has 276 valence electrons. The molecule has 4 nitrogen and oxygen atoms in total.